The maximum atomic E-state index is 14.0. The Morgan fingerprint density at radius 3 is 2.52 bits per heavy atom. The van der Waals surface area contributed by atoms with Gasteiger partial charge < -0.3 is 9.47 Å². The van der Waals surface area contributed by atoms with Crippen LogP contribution in [0.15, 0.2) is 18.3 Å². The summed E-state index contributed by atoms with van der Waals surface area (Å²) >= 11 is 0. The van der Waals surface area contributed by atoms with Crippen LogP contribution in [0.25, 0.3) is 0 Å². The van der Waals surface area contributed by atoms with Crippen molar-refractivity contribution in [1.29, 1.82) is 0 Å². The van der Waals surface area contributed by atoms with E-state index in [0.29, 0.717) is 12.1 Å². The molecule has 5 nitrogen and oxygen atoms in total. The summed E-state index contributed by atoms with van der Waals surface area (Å²) in [6.45, 7) is 3.27. The monoisotopic (exact) mass is 368 g/mol. The van der Waals surface area contributed by atoms with Gasteiger partial charge in [0.15, 0.2) is 6.10 Å². The van der Waals surface area contributed by atoms with Gasteiger partial charge in [0.25, 0.3) is 0 Å². The zero-order valence-corrected chi connectivity index (χ0v) is 13.7. The van der Waals surface area contributed by atoms with Gasteiger partial charge in [0.2, 0.25) is 5.88 Å². The van der Waals surface area contributed by atoms with Crippen LogP contribution in [0, 0.1) is 0 Å². The number of amides is 1. The van der Waals surface area contributed by atoms with Crippen LogP contribution in [-0.2, 0) is 10.9 Å². The number of rotatable bonds is 2. The summed E-state index contributed by atoms with van der Waals surface area (Å²) in [5.74, 6) is -4.04. The summed E-state index contributed by atoms with van der Waals surface area (Å²) in [6.07, 6.45) is -6.61. The van der Waals surface area contributed by atoms with Crippen LogP contribution in [0.5, 0.6) is 5.88 Å². The van der Waals surface area contributed by atoms with E-state index < -0.39 is 54.4 Å². The molecule has 10 heteroatoms. The quantitative estimate of drug-likeness (QED) is 0.747. The maximum Gasteiger partial charge on any atom is 0.416 e. The number of nitrogens with zero attached hydrogens (tertiary/aromatic N) is 2. The largest absolute Gasteiger partial charge is 0.466 e. The molecule has 0 unspecified atom stereocenters. The maximum absolute atomic E-state index is 14.0. The molecule has 0 aromatic carbocycles. The first-order valence-corrected chi connectivity index (χ1v) is 7.33. The lowest BCUT2D eigenvalue weighted by Gasteiger charge is -2.24. The first-order valence-electron chi connectivity index (χ1n) is 7.33. The predicted octanol–water partition coefficient (Wildman–Crippen LogP) is 3.73. The van der Waals surface area contributed by atoms with E-state index in [-0.39, 0.29) is 0 Å². The summed E-state index contributed by atoms with van der Waals surface area (Å²) in [5, 5.41) is 0. The van der Waals surface area contributed by atoms with Gasteiger partial charge in [-0.2, -0.15) is 13.2 Å². The van der Waals surface area contributed by atoms with E-state index in [9.17, 15) is 26.7 Å². The summed E-state index contributed by atoms with van der Waals surface area (Å²) in [5.41, 5.74) is -1.93. The Labute approximate surface area is 140 Å². The van der Waals surface area contributed by atoms with Crippen LogP contribution in [0.3, 0.4) is 0 Å². The fourth-order valence-electron chi connectivity index (χ4n) is 2.14. The normalized spacial score (nSPS) is 20.5. The van der Waals surface area contributed by atoms with Crippen LogP contribution in [-0.4, -0.2) is 46.7 Å². The van der Waals surface area contributed by atoms with Gasteiger partial charge in [0.1, 0.15) is 5.60 Å². The number of halogens is 5. The van der Waals surface area contributed by atoms with Gasteiger partial charge in [-0.05, 0) is 26.8 Å². The van der Waals surface area contributed by atoms with Crippen molar-refractivity contribution in [1.82, 2.24) is 9.88 Å². The third kappa shape index (κ3) is 4.93. The minimum Gasteiger partial charge on any atom is -0.466 e. The molecule has 0 radical (unpaired) electrons. The fourth-order valence-corrected chi connectivity index (χ4v) is 2.14. The van der Waals surface area contributed by atoms with Crippen molar-refractivity contribution in [2.24, 2.45) is 0 Å². The van der Waals surface area contributed by atoms with Gasteiger partial charge in [0, 0.05) is 12.3 Å². The minimum absolute atomic E-state index is 0.528. The third-order valence-electron chi connectivity index (χ3n) is 3.24. The Hall–Kier alpha value is -2.13. The highest BCUT2D eigenvalue weighted by Crippen LogP contribution is 2.34. The van der Waals surface area contributed by atoms with Crippen LogP contribution < -0.4 is 4.74 Å². The Kier molecular flexibility index (Phi) is 4.84. The van der Waals surface area contributed by atoms with Crippen molar-refractivity contribution in [2.75, 3.05) is 13.1 Å². The third-order valence-corrected chi connectivity index (χ3v) is 3.24. The van der Waals surface area contributed by atoms with Crippen LogP contribution in [0.2, 0.25) is 0 Å². The van der Waals surface area contributed by atoms with E-state index in [2.05, 4.69) is 4.98 Å². The summed E-state index contributed by atoms with van der Waals surface area (Å²) in [6, 6.07) is 1.23. The average Bonchev–Trinajstić information content (AvgIpc) is 2.72. The van der Waals surface area contributed by atoms with Gasteiger partial charge in [-0.1, -0.05) is 0 Å². The van der Waals surface area contributed by atoms with Gasteiger partial charge in [-0.3, -0.25) is 4.90 Å². The molecule has 0 saturated carbocycles. The van der Waals surface area contributed by atoms with E-state index in [1.54, 1.807) is 20.8 Å². The molecule has 2 rings (SSSR count). The highest BCUT2D eigenvalue weighted by atomic mass is 19.4. The number of likely N-dealkylation sites (tertiary alicyclic amines) is 1. The molecule has 140 valence electrons. The van der Waals surface area contributed by atoms with Crippen molar-refractivity contribution in [2.45, 2.75) is 44.6 Å². The molecule has 1 saturated heterocycles. The zero-order valence-electron chi connectivity index (χ0n) is 13.7. The van der Waals surface area contributed by atoms with Crippen molar-refractivity contribution >= 4 is 6.09 Å². The SMILES string of the molecule is CC(C)(C)OC(=O)N1C[C@H](Oc2cc(C(F)(F)F)ccn2)C(F)(F)C1. The molecular weight excluding hydrogens is 351 g/mol. The molecule has 2 heterocycles. The lowest BCUT2D eigenvalue weighted by atomic mass is 10.2. The highest BCUT2D eigenvalue weighted by molar-refractivity contribution is 5.68. The first-order chi connectivity index (χ1) is 11.3. The number of ether oxygens (including phenoxy) is 2. The average molecular weight is 368 g/mol. The number of carbonyl (C=O) groups excluding carboxylic acids is 1. The molecule has 1 aliphatic rings. The van der Waals surface area contributed by atoms with Crippen molar-refractivity contribution in [3.63, 3.8) is 0 Å². The molecule has 1 atom stereocenters. The number of hydrogen-bond acceptors (Lipinski definition) is 4. The molecule has 1 aliphatic heterocycles. The second-order valence-electron chi connectivity index (χ2n) is 6.61. The number of aromatic nitrogens is 1. The van der Waals surface area contributed by atoms with Crippen LogP contribution in [0.1, 0.15) is 26.3 Å². The zero-order chi connectivity index (χ0) is 19.0. The Morgan fingerprint density at radius 1 is 1.32 bits per heavy atom. The van der Waals surface area contributed by atoms with Gasteiger partial charge in [-0.25, -0.2) is 18.6 Å². The molecule has 0 aliphatic carbocycles. The second kappa shape index (κ2) is 6.30. The van der Waals surface area contributed by atoms with Crippen molar-refractivity contribution < 1.29 is 36.2 Å². The molecule has 0 spiro atoms. The molecule has 1 aromatic heterocycles. The molecule has 1 fully saturated rings. The second-order valence-corrected chi connectivity index (χ2v) is 6.61. The van der Waals surface area contributed by atoms with Crippen molar-refractivity contribution in [3.05, 3.63) is 23.9 Å². The Balaban J connectivity index is 2.11. The summed E-state index contributed by atoms with van der Waals surface area (Å²) in [4.78, 5) is 16.2. The molecule has 1 amide bonds. The van der Waals surface area contributed by atoms with Crippen molar-refractivity contribution in [3.8, 4) is 5.88 Å². The summed E-state index contributed by atoms with van der Waals surface area (Å²) < 4.78 is 76.0. The number of pyridine rings is 1. The Bertz CT molecular complexity index is 643. The van der Waals surface area contributed by atoms with Gasteiger partial charge in [-0.15, -0.1) is 0 Å². The lowest BCUT2D eigenvalue weighted by molar-refractivity contribution is -0.137. The van der Waals surface area contributed by atoms with E-state index >= 15 is 0 Å². The summed E-state index contributed by atoms with van der Waals surface area (Å²) in [7, 11) is 0. The number of hydrogen-bond donors (Lipinski definition) is 0. The Morgan fingerprint density at radius 2 is 1.96 bits per heavy atom. The standard InChI is InChI=1S/C15H17F5N2O3/c1-13(2,3)25-12(23)22-7-10(14(16,17)8-22)24-11-6-9(4-5-21-11)15(18,19)20/h4-6,10H,7-8H2,1-3H3/t10-/m0/s1. The predicted molar refractivity (Wildman–Crippen MR) is 76.4 cm³/mol. The molecular formula is C15H17F5N2O3. The minimum atomic E-state index is -4.65. The molecule has 25 heavy (non-hydrogen) atoms. The van der Waals surface area contributed by atoms with Crippen LogP contribution in [0.4, 0.5) is 26.7 Å². The number of carbonyl (C=O) groups is 1. The number of alkyl halides is 5. The van der Waals surface area contributed by atoms with Gasteiger partial charge in [0.05, 0.1) is 18.7 Å². The molecule has 1 aromatic rings. The molecule has 0 bridgehead atoms. The van der Waals surface area contributed by atoms with Gasteiger partial charge >= 0.3 is 18.2 Å². The lowest BCUT2D eigenvalue weighted by Crippen LogP contribution is -2.36. The van der Waals surface area contributed by atoms with E-state index in [0.717, 1.165) is 11.1 Å². The smallest absolute Gasteiger partial charge is 0.416 e. The van der Waals surface area contributed by atoms with E-state index in [1.807, 2.05) is 0 Å². The van der Waals surface area contributed by atoms with E-state index in [4.69, 9.17) is 9.47 Å². The highest BCUT2D eigenvalue weighted by Gasteiger charge is 2.52. The van der Waals surface area contributed by atoms with E-state index in [1.165, 1.54) is 0 Å². The first kappa shape index (κ1) is 19.2. The van der Waals surface area contributed by atoms with Crippen LogP contribution >= 0.6 is 0 Å². The topological polar surface area (TPSA) is 51.7 Å². The fraction of sp³-hybridized carbons (Fsp3) is 0.600. The molecule has 0 N–H and O–H groups in total.